The van der Waals surface area contributed by atoms with Crippen LogP contribution in [0.5, 0.6) is 0 Å². The van der Waals surface area contributed by atoms with E-state index in [0.717, 1.165) is 17.7 Å². The number of hydrogen-bond donors (Lipinski definition) is 3. The number of nitrogens with one attached hydrogen (secondary N) is 2. The molecule has 0 bridgehead atoms. The summed E-state index contributed by atoms with van der Waals surface area (Å²) < 4.78 is 56.5. The molecule has 1 aliphatic carbocycles. The van der Waals surface area contributed by atoms with Crippen LogP contribution in [0.4, 0.5) is 20.4 Å². The minimum atomic E-state index is -3.30. The van der Waals surface area contributed by atoms with E-state index in [9.17, 15) is 17.6 Å². The largest absolute Gasteiger partial charge is 0.350 e. The number of carbonyl (C=O) groups is 1. The Morgan fingerprint density at radius 1 is 1.12 bits per heavy atom. The first-order valence-corrected chi connectivity index (χ1v) is 15.6. The van der Waals surface area contributed by atoms with E-state index in [1.807, 2.05) is 13.0 Å². The van der Waals surface area contributed by atoms with Crippen molar-refractivity contribution in [2.75, 3.05) is 11.6 Å². The molecule has 1 amide bonds. The Bertz CT molecular complexity index is 1750. The summed E-state index contributed by atoms with van der Waals surface area (Å²) in [6.07, 6.45) is 7.18. The van der Waals surface area contributed by atoms with Crippen LogP contribution in [0.25, 0.3) is 16.8 Å². The highest BCUT2D eigenvalue weighted by atomic mass is 32.2. The van der Waals surface area contributed by atoms with Crippen molar-refractivity contribution in [1.29, 1.82) is 0 Å². The standard InChI is InChI=1S/C29H33F2N7O3S/c1-15(2)35-28(39)20-6-7-21(30)25(26(20)31)23-8-5-18-13-34-29(38(18)37-23)36-24-14-33-10-9-19(24)17-11-16(3)27(22(32)12-17)42(4,40)41/h5-10,13-17,22,27H,11-12,32H2,1-4H3,(H,34,36)(H,35,39)/t16-,17+,22+,27+/m0/s1. The van der Waals surface area contributed by atoms with E-state index >= 15 is 4.39 Å². The fraction of sp³-hybridized carbons (Fsp3) is 0.379. The molecular formula is C29H33F2N7O3S. The second kappa shape index (κ2) is 11.4. The lowest BCUT2D eigenvalue weighted by atomic mass is 9.76. The van der Waals surface area contributed by atoms with Crippen molar-refractivity contribution in [2.24, 2.45) is 11.7 Å². The molecule has 3 heterocycles. The van der Waals surface area contributed by atoms with Gasteiger partial charge in [-0.15, -0.1) is 0 Å². The molecular weight excluding hydrogens is 564 g/mol. The fourth-order valence-corrected chi connectivity index (χ4v) is 7.65. The van der Waals surface area contributed by atoms with Crippen LogP contribution in [0, 0.1) is 17.6 Å². The van der Waals surface area contributed by atoms with Crippen LogP contribution in [0.3, 0.4) is 0 Å². The van der Waals surface area contributed by atoms with E-state index < -0.39 is 44.2 Å². The van der Waals surface area contributed by atoms with Gasteiger partial charge in [-0.3, -0.25) is 9.78 Å². The number of nitrogens with zero attached hydrogens (tertiary/aromatic N) is 4. The molecule has 3 aromatic heterocycles. The van der Waals surface area contributed by atoms with Gasteiger partial charge in [0.15, 0.2) is 9.84 Å². The predicted molar refractivity (Wildman–Crippen MR) is 156 cm³/mol. The number of fused-ring (bicyclic) bond motifs is 1. The number of anilines is 2. The van der Waals surface area contributed by atoms with E-state index in [4.69, 9.17) is 5.73 Å². The van der Waals surface area contributed by atoms with Gasteiger partial charge in [-0.2, -0.15) is 9.61 Å². The van der Waals surface area contributed by atoms with Gasteiger partial charge in [-0.1, -0.05) is 6.92 Å². The first-order chi connectivity index (χ1) is 19.8. The summed E-state index contributed by atoms with van der Waals surface area (Å²) in [5, 5.41) is 9.71. The molecule has 10 nitrogen and oxygen atoms in total. The topological polar surface area (TPSA) is 144 Å². The molecule has 0 saturated heterocycles. The second-order valence-electron chi connectivity index (χ2n) is 11.2. The molecule has 5 rings (SSSR count). The van der Waals surface area contributed by atoms with Crippen LogP contribution in [-0.2, 0) is 9.84 Å². The molecule has 222 valence electrons. The fourth-order valence-electron chi connectivity index (χ4n) is 5.95. The van der Waals surface area contributed by atoms with E-state index in [1.165, 1.54) is 16.8 Å². The molecule has 4 aromatic rings. The van der Waals surface area contributed by atoms with Crippen molar-refractivity contribution in [3.63, 3.8) is 0 Å². The molecule has 13 heteroatoms. The first kappa shape index (κ1) is 29.5. The Morgan fingerprint density at radius 3 is 2.57 bits per heavy atom. The van der Waals surface area contributed by atoms with Crippen LogP contribution >= 0.6 is 0 Å². The Hall–Kier alpha value is -3.97. The average molecular weight is 598 g/mol. The van der Waals surface area contributed by atoms with E-state index in [2.05, 4.69) is 25.7 Å². The Morgan fingerprint density at radius 2 is 1.88 bits per heavy atom. The maximum atomic E-state index is 15.5. The van der Waals surface area contributed by atoms with Gasteiger partial charge < -0.3 is 16.4 Å². The van der Waals surface area contributed by atoms with Crippen molar-refractivity contribution in [3.05, 3.63) is 71.7 Å². The third-order valence-corrected chi connectivity index (χ3v) is 9.43. The number of sulfone groups is 1. The molecule has 0 spiro atoms. The number of aromatic nitrogens is 4. The second-order valence-corrected chi connectivity index (χ2v) is 13.4. The van der Waals surface area contributed by atoms with Crippen molar-refractivity contribution in [1.82, 2.24) is 24.9 Å². The highest BCUT2D eigenvalue weighted by Gasteiger charge is 2.40. The number of carbonyl (C=O) groups excluding carboxylic acids is 1. The minimum Gasteiger partial charge on any atom is -0.350 e. The molecule has 4 N–H and O–H groups in total. The number of hydrogen-bond acceptors (Lipinski definition) is 8. The number of imidazole rings is 1. The molecule has 1 aromatic carbocycles. The van der Waals surface area contributed by atoms with Crippen LogP contribution in [0.2, 0.25) is 0 Å². The zero-order chi connectivity index (χ0) is 30.3. The Balaban J connectivity index is 1.49. The third kappa shape index (κ3) is 5.71. The highest BCUT2D eigenvalue weighted by molar-refractivity contribution is 7.91. The van der Waals surface area contributed by atoms with Gasteiger partial charge in [0.2, 0.25) is 5.95 Å². The lowest BCUT2D eigenvalue weighted by Gasteiger charge is -2.38. The number of benzene rings is 1. The lowest BCUT2D eigenvalue weighted by molar-refractivity contribution is 0.0939. The number of amides is 1. The van der Waals surface area contributed by atoms with Gasteiger partial charge in [0.1, 0.15) is 11.6 Å². The number of nitrogens with two attached hydrogens (primary N) is 1. The van der Waals surface area contributed by atoms with Crippen LogP contribution < -0.4 is 16.4 Å². The SMILES string of the molecule is CC(C)NC(=O)c1ccc(F)c(-c2ccc3cnc(Nc4cnccc4[C@H]4C[C@@H](N)[C@H](S(C)(=O)=O)[C@@H](C)C4)n3n2)c1F. The Kier molecular flexibility index (Phi) is 7.99. The van der Waals surface area contributed by atoms with E-state index in [-0.39, 0.29) is 35.1 Å². The molecule has 1 fully saturated rings. The quantitative estimate of drug-likeness (QED) is 0.288. The Labute approximate surface area is 242 Å². The van der Waals surface area contributed by atoms with Crippen LogP contribution in [0.1, 0.15) is 55.5 Å². The summed E-state index contributed by atoms with van der Waals surface area (Å²) in [4.78, 5) is 21.2. The average Bonchev–Trinajstić information content (AvgIpc) is 3.29. The summed E-state index contributed by atoms with van der Waals surface area (Å²) in [5.74, 6) is -2.43. The normalized spacial score (nSPS) is 21.0. The first-order valence-electron chi connectivity index (χ1n) is 13.6. The summed E-state index contributed by atoms with van der Waals surface area (Å²) in [7, 11) is -3.30. The van der Waals surface area contributed by atoms with E-state index in [1.54, 1.807) is 38.5 Å². The minimum absolute atomic E-state index is 0.0250. The third-order valence-electron chi connectivity index (χ3n) is 7.63. The van der Waals surface area contributed by atoms with E-state index in [0.29, 0.717) is 24.0 Å². The maximum absolute atomic E-state index is 15.5. The van der Waals surface area contributed by atoms with Gasteiger partial charge in [0.25, 0.3) is 5.91 Å². The number of halogens is 2. The molecule has 42 heavy (non-hydrogen) atoms. The van der Waals surface area contributed by atoms with Crippen LogP contribution in [0.15, 0.2) is 48.9 Å². The van der Waals surface area contributed by atoms with Gasteiger partial charge in [0, 0.05) is 24.5 Å². The predicted octanol–water partition coefficient (Wildman–Crippen LogP) is 4.21. The van der Waals surface area contributed by atoms with Crippen molar-refractivity contribution in [2.45, 2.75) is 56.9 Å². The van der Waals surface area contributed by atoms with Crippen molar-refractivity contribution in [3.8, 4) is 11.3 Å². The summed E-state index contributed by atoms with van der Waals surface area (Å²) >= 11 is 0. The zero-order valence-electron chi connectivity index (χ0n) is 23.7. The van der Waals surface area contributed by atoms with Gasteiger partial charge in [-0.05, 0) is 74.4 Å². The van der Waals surface area contributed by atoms with Crippen molar-refractivity contribution >= 4 is 32.9 Å². The monoisotopic (exact) mass is 597 g/mol. The molecule has 1 saturated carbocycles. The molecule has 0 unspecified atom stereocenters. The smallest absolute Gasteiger partial charge is 0.254 e. The maximum Gasteiger partial charge on any atom is 0.254 e. The summed E-state index contributed by atoms with van der Waals surface area (Å²) in [6, 6.07) is 6.34. The summed E-state index contributed by atoms with van der Waals surface area (Å²) in [5.41, 5.74) is 7.71. The zero-order valence-corrected chi connectivity index (χ0v) is 24.5. The number of pyridine rings is 1. The highest BCUT2D eigenvalue weighted by Crippen LogP contribution is 2.41. The summed E-state index contributed by atoms with van der Waals surface area (Å²) in [6.45, 7) is 5.39. The molecule has 0 aliphatic heterocycles. The van der Waals surface area contributed by atoms with Gasteiger partial charge in [-0.25, -0.2) is 22.2 Å². The molecule has 0 radical (unpaired) electrons. The van der Waals surface area contributed by atoms with Crippen LogP contribution in [-0.4, -0.2) is 57.5 Å². The lowest BCUT2D eigenvalue weighted by Crippen LogP contribution is -2.48. The molecule has 4 atom stereocenters. The molecule has 1 aliphatic rings. The van der Waals surface area contributed by atoms with Gasteiger partial charge in [0.05, 0.1) is 45.7 Å². The number of rotatable bonds is 7. The van der Waals surface area contributed by atoms with Gasteiger partial charge >= 0.3 is 0 Å². The van der Waals surface area contributed by atoms with Crippen molar-refractivity contribution < 1.29 is 22.0 Å².